The van der Waals surface area contributed by atoms with E-state index in [0.29, 0.717) is 11.4 Å². The molecule has 0 bridgehead atoms. The smallest absolute Gasteiger partial charge is 0.247 e. The van der Waals surface area contributed by atoms with E-state index in [1.165, 1.54) is 0 Å². The number of aryl methyl sites for hydroxylation is 1. The normalized spacial score (nSPS) is 13.5. The first-order valence-corrected chi connectivity index (χ1v) is 7.26. The molecule has 110 valence electrons. The summed E-state index contributed by atoms with van der Waals surface area (Å²) in [5.74, 6) is -0.399. The Morgan fingerprint density at radius 3 is 2.19 bits per heavy atom. The van der Waals surface area contributed by atoms with Crippen LogP contribution in [0.4, 0.5) is 5.69 Å². The van der Waals surface area contributed by atoms with Crippen molar-refractivity contribution in [2.75, 3.05) is 5.32 Å². The number of carbonyl (C=O) groups excluding carboxylic acids is 1. The number of amides is 1. The summed E-state index contributed by atoms with van der Waals surface area (Å²) in [6, 6.07) is 15.1. The van der Waals surface area contributed by atoms with Gasteiger partial charge in [0, 0.05) is 10.7 Å². The fourth-order valence-electron chi connectivity index (χ4n) is 2.36. The highest BCUT2D eigenvalue weighted by Crippen LogP contribution is 2.30. The molecule has 2 rings (SSSR count). The molecule has 0 saturated carbocycles. The summed E-state index contributed by atoms with van der Waals surface area (Å²) in [7, 11) is 0. The van der Waals surface area contributed by atoms with Crippen LogP contribution in [0.1, 0.15) is 24.5 Å². The van der Waals surface area contributed by atoms with Crippen LogP contribution in [0, 0.1) is 6.92 Å². The maximum atomic E-state index is 12.1. The van der Waals surface area contributed by atoms with E-state index in [4.69, 9.17) is 17.3 Å². The second-order valence-electron chi connectivity index (χ2n) is 5.12. The quantitative estimate of drug-likeness (QED) is 0.881. The van der Waals surface area contributed by atoms with E-state index >= 15 is 0 Å². The first-order chi connectivity index (χ1) is 9.98. The molecule has 3 nitrogen and oxygen atoms in total. The Hall–Kier alpha value is -2.00. The van der Waals surface area contributed by atoms with E-state index in [2.05, 4.69) is 5.32 Å². The first kappa shape index (κ1) is 15.4. The van der Waals surface area contributed by atoms with E-state index in [9.17, 15) is 4.79 Å². The Morgan fingerprint density at radius 2 is 1.71 bits per heavy atom. The summed E-state index contributed by atoms with van der Waals surface area (Å²) >= 11 is 5.89. The number of hydrogen-bond acceptors (Lipinski definition) is 2. The Kier molecular flexibility index (Phi) is 4.53. The molecule has 1 unspecified atom stereocenters. The maximum absolute atomic E-state index is 12.1. The van der Waals surface area contributed by atoms with Crippen LogP contribution in [0.3, 0.4) is 0 Å². The molecule has 0 fully saturated rings. The number of hydrogen-bond donors (Lipinski definition) is 2. The van der Waals surface area contributed by atoms with Gasteiger partial charge in [0.15, 0.2) is 0 Å². The molecule has 1 amide bonds. The van der Waals surface area contributed by atoms with E-state index in [1.807, 2.05) is 50.2 Å². The van der Waals surface area contributed by atoms with Crippen molar-refractivity contribution in [2.24, 2.45) is 5.73 Å². The maximum Gasteiger partial charge on any atom is 0.247 e. The molecule has 3 N–H and O–H groups in total. The van der Waals surface area contributed by atoms with Gasteiger partial charge in [0.25, 0.3) is 0 Å². The average Bonchev–Trinajstić information content (AvgIpc) is 2.47. The zero-order valence-corrected chi connectivity index (χ0v) is 12.9. The van der Waals surface area contributed by atoms with Crippen molar-refractivity contribution in [3.8, 4) is 0 Å². The topological polar surface area (TPSA) is 55.1 Å². The lowest BCUT2D eigenvalue weighted by atomic mass is 9.85. The average molecular weight is 303 g/mol. The number of halogens is 1. The molecular weight excluding hydrogens is 284 g/mol. The number of rotatable bonds is 5. The molecule has 2 aromatic carbocycles. The van der Waals surface area contributed by atoms with Gasteiger partial charge in [-0.15, -0.1) is 0 Å². The van der Waals surface area contributed by atoms with E-state index in [0.717, 1.165) is 16.8 Å². The van der Waals surface area contributed by atoms with Crippen molar-refractivity contribution in [1.82, 2.24) is 0 Å². The molecule has 0 aliphatic heterocycles. The molecule has 0 spiro atoms. The second-order valence-corrected chi connectivity index (χ2v) is 5.56. The lowest BCUT2D eigenvalue weighted by Crippen LogP contribution is -2.47. The number of nitrogens with two attached hydrogens (primary N) is 1. The van der Waals surface area contributed by atoms with Crippen molar-refractivity contribution in [3.63, 3.8) is 0 Å². The predicted molar refractivity (Wildman–Crippen MR) is 87.4 cm³/mol. The summed E-state index contributed by atoms with van der Waals surface area (Å²) in [5.41, 5.74) is 7.58. The second kappa shape index (κ2) is 6.19. The molecule has 0 aromatic heterocycles. The van der Waals surface area contributed by atoms with Gasteiger partial charge in [0.1, 0.15) is 5.54 Å². The zero-order chi connectivity index (χ0) is 15.5. The van der Waals surface area contributed by atoms with E-state index in [1.54, 1.807) is 12.1 Å². The van der Waals surface area contributed by atoms with Crippen molar-refractivity contribution < 1.29 is 4.79 Å². The SMILES string of the molecule is CCC(Nc1ccc(Cl)cc1)(C(N)=O)c1ccc(C)cc1. The monoisotopic (exact) mass is 302 g/mol. The van der Waals surface area contributed by atoms with E-state index < -0.39 is 11.4 Å². The van der Waals surface area contributed by atoms with E-state index in [-0.39, 0.29) is 0 Å². The van der Waals surface area contributed by atoms with Gasteiger partial charge in [-0.1, -0.05) is 48.4 Å². The van der Waals surface area contributed by atoms with Crippen LogP contribution in [-0.4, -0.2) is 5.91 Å². The summed E-state index contributed by atoms with van der Waals surface area (Å²) < 4.78 is 0. The van der Waals surface area contributed by atoms with Crippen LogP contribution in [0.5, 0.6) is 0 Å². The van der Waals surface area contributed by atoms with Crippen molar-refractivity contribution in [2.45, 2.75) is 25.8 Å². The zero-order valence-electron chi connectivity index (χ0n) is 12.2. The Morgan fingerprint density at radius 1 is 1.14 bits per heavy atom. The largest absolute Gasteiger partial charge is 0.368 e. The third kappa shape index (κ3) is 3.19. The van der Waals surface area contributed by atoms with Gasteiger partial charge in [0.05, 0.1) is 0 Å². The molecule has 1 atom stereocenters. The molecule has 0 radical (unpaired) electrons. The van der Waals surface area contributed by atoms with Gasteiger partial charge in [0.2, 0.25) is 5.91 Å². The van der Waals surface area contributed by atoms with Crippen molar-refractivity contribution >= 4 is 23.2 Å². The fourth-order valence-corrected chi connectivity index (χ4v) is 2.49. The lowest BCUT2D eigenvalue weighted by Gasteiger charge is -2.32. The molecular formula is C17H19ClN2O. The Balaban J connectivity index is 2.44. The number of carbonyl (C=O) groups is 1. The standard InChI is InChI=1S/C17H19ClN2O/c1-3-17(16(19)21,13-6-4-12(2)5-7-13)20-15-10-8-14(18)9-11-15/h4-11,20H,3H2,1-2H3,(H2,19,21). The minimum Gasteiger partial charge on any atom is -0.368 e. The molecule has 21 heavy (non-hydrogen) atoms. The molecule has 0 saturated heterocycles. The third-order valence-corrected chi connectivity index (χ3v) is 3.95. The number of primary amides is 1. The highest BCUT2D eigenvalue weighted by Gasteiger charge is 2.36. The number of benzene rings is 2. The van der Waals surface area contributed by atoms with Gasteiger partial charge in [-0.2, -0.15) is 0 Å². The molecule has 2 aromatic rings. The fraction of sp³-hybridized carbons (Fsp3) is 0.235. The highest BCUT2D eigenvalue weighted by atomic mass is 35.5. The summed E-state index contributed by atoms with van der Waals surface area (Å²) in [6.45, 7) is 3.95. The molecule has 0 aliphatic carbocycles. The van der Waals surface area contributed by atoms with Crippen LogP contribution < -0.4 is 11.1 Å². The summed E-state index contributed by atoms with van der Waals surface area (Å²) in [6.07, 6.45) is 0.550. The van der Waals surface area contributed by atoms with Crippen molar-refractivity contribution in [3.05, 3.63) is 64.7 Å². The van der Waals surface area contributed by atoms with Gasteiger partial charge in [-0.25, -0.2) is 0 Å². The first-order valence-electron chi connectivity index (χ1n) is 6.89. The van der Waals surface area contributed by atoms with Crippen LogP contribution >= 0.6 is 11.6 Å². The predicted octanol–water partition coefficient (Wildman–Crippen LogP) is 3.85. The lowest BCUT2D eigenvalue weighted by molar-refractivity contribution is -0.122. The van der Waals surface area contributed by atoms with Gasteiger partial charge in [-0.3, -0.25) is 4.79 Å². The molecule has 0 heterocycles. The minimum atomic E-state index is -0.929. The van der Waals surface area contributed by atoms with Gasteiger partial charge in [-0.05, 0) is 43.2 Å². The van der Waals surface area contributed by atoms with Crippen LogP contribution in [0.15, 0.2) is 48.5 Å². The molecule has 4 heteroatoms. The Bertz CT molecular complexity index is 622. The van der Waals surface area contributed by atoms with Gasteiger partial charge >= 0.3 is 0 Å². The Labute approximate surface area is 130 Å². The summed E-state index contributed by atoms with van der Waals surface area (Å²) in [4.78, 5) is 12.1. The van der Waals surface area contributed by atoms with Crippen LogP contribution in [0.25, 0.3) is 0 Å². The van der Waals surface area contributed by atoms with Gasteiger partial charge < -0.3 is 11.1 Å². The molecule has 0 aliphatic rings. The van der Waals surface area contributed by atoms with Crippen LogP contribution in [0.2, 0.25) is 5.02 Å². The highest BCUT2D eigenvalue weighted by molar-refractivity contribution is 6.30. The third-order valence-electron chi connectivity index (χ3n) is 3.70. The number of anilines is 1. The minimum absolute atomic E-state index is 0.399. The van der Waals surface area contributed by atoms with Crippen molar-refractivity contribution in [1.29, 1.82) is 0 Å². The number of nitrogens with one attached hydrogen (secondary N) is 1. The summed E-state index contributed by atoms with van der Waals surface area (Å²) in [5, 5.41) is 3.92. The van der Waals surface area contributed by atoms with Crippen LogP contribution in [-0.2, 0) is 10.3 Å².